The van der Waals surface area contributed by atoms with Crippen LogP contribution < -0.4 is 19.7 Å². The Bertz CT molecular complexity index is 770. The van der Waals surface area contributed by atoms with Gasteiger partial charge in [0.15, 0.2) is 0 Å². The summed E-state index contributed by atoms with van der Waals surface area (Å²) in [6.45, 7) is 6.79. The zero-order valence-corrected chi connectivity index (χ0v) is 17.4. The number of ether oxygens (including phenoxy) is 3. The summed E-state index contributed by atoms with van der Waals surface area (Å²) in [7, 11) is 1.59. The third-order valence-electron chi connectivity index (χ3n) is 4.95. The highest BCUT2D eigenvalue weighted by atomic mass is 16.5. The summed E-state index contributed by atoms with van der Waals surface area (Å²) in [4.78, 5) is 14.1. The standard InChI is InChI=1S/C23H30N2O4/c1-4-28-20-11-7-19(8-12-20)25-15-22(16-25)29-21-9-5-18(6-10-21)17(2)24-23(26)13-14-27-3/h5-12,17,22H,4,13-16H2,1-3H3,(H,24,26). The number of rotatable bonds is 10. The fourth-order valence-electron chi connectivity index (χ4n) is 3.26. The van der Waals surface area contributed by atoms with Crippen LogP contribution in [-0.4, -0.2) is 45.4 Å². The SMILES string of the molecule is CCOc1ccc(N2CC(Oc3ccc(C(C)NC(=O)CCOC)cc3)C2)cc1. The van der Waals surface area contributed by atoms with E-state index < -0.39 is 0 Å². The molecule has 3 rings (SSSR count). The summed E-state index contributed by atoms with van der Waals surface area (Å²) in [5, 5.41) is 2.97. The molecule has 1 saturated heterocycles. The number of anilines is 1. The van der Waals surface area contributed by atoms with Crippen molar-refractivity contribution in [3.8, 4) is 11.5 Å². The molecule has 1 unspecified atom stereocenters. The lowest BCUT2D eigenvalue weighted by Gasteiger charge is -2.40. The summed E-state index contributed by atoms with van der Waals surface area (Å²) >= 11 is 0. The Hall–Kier alpha value is -2.73. The van der Waals surface area contributed by atoms with Gasteiger partial charge < -0.3 is 24.4 Å². The third-order valence-corrected chi connectivity index (χ3v) is 4.95. The number of amides is 1. The summed E-state index contributed by atoms with van der Waals surface area (Å²) < 4.78 is 16.5. The second-order valence-corrected chi connectivity index (χ2v) is 7.17. The van der Waals surface area contributed by atoms with E-state index >= 15 is 0 Å². The zero-order chi connectivity index (χ0) is 20.6. The van der Waals surface area contributed by atoms with Gasteiger partial charge in [-0.1, -0.05) is 12.1 Å². The molecule has 0 aromatic heterocycles. The van der Waals surface area contributed by atoms with E-state index in [0.29, 0.717) is 19.6 Å². The highest BCUT2D eigenvalue weighted by molar-refractivity contribution is 5.76. The fourth-order valence-corrected chi connectivity index (χ4v) is 3.26. The van der Waals surface area contributed by atoms with Gasteiger partial charge in [0, 0.05) is 19.2 Å². The molecule has 0 saturated carbocycles. The maximum Gasteiger partial charge on any atom is 0.222 e. The van der Waals surface area contributed by atoms with E-state index in [1.54, 1.807) is 7.11 Å². The summed E-state index contributed by atoms with van der Waals surface area (Å²) in [6.07, 6.45) is 0.549. The van der Waals surface area contributed by atoms with Crippen molar-refractivity contribution in [2.24, 2.45) is 0 Å². The molecule has 0 aliphatic carbocycles. The Morgan fingerprint density at radius 1 is 1.10 bits per heavy atom. The van der Waals surface area contributed by atoms with Crippen LogP contribution in [0.3, 0.4) is 0 Å². The van der Waals surface area contributed by atoms with Gasteiger partial charge in [0.1, 0.15) is 17.6 Å². The van der Waals surface area contributed by atoms with Crippen LogP contribution in [0.2, 0.25) is 0 Å². The highest BCUT2D eigenvalue weighted by Gasteiger charge is 2.28. The molecule has 1 N–H and O–H groups in total. The predicted octanol–water partition coefficient (Wildman–Crippen LogP) is 3.57. The van der Waals surface area contributed by atoms with Crippen LogP contribution in [0.4, 0.5) is 5.69 Å². The van der Waals surface area contributed by atoms with E-state index in [1.807, 2.05) is 50.2 Å². The second kappa shape index (κ2) is 10.2. The first kappa shape index (κ1) is 21.0. The van der Waals surface area contributed by atoms with Crippen molar-refractivity contribution in [3.05, 3.63) is 54.1 Å². The molecular formula is C23H30N2O4. The van der Waals surface area contributed by atoms with Crippen molar-refractivity contribution >= 4 is 11.6 Å². The average molecular weight is 399 g/mol. The molecule has 6 heteroatoms. The number of carbonyl (C=O) groups excluding carboxylic acids is 1. The highest BCUT2D eigenvalue weighted by Crippen LogP contribution is 2.26. The van der Waals surface area contributed by atoms with Gasteiger partial charge in [0.2, 0.25) is 5.91 Å². The van der Waals surface area contributed by atoms with Crippen molar-refractivity contribution in [2.75, 3.05) is 38.3 Å². The molecule has 2 aromatic rings. The van der Waals surface area contributed by atoms with Gasteiger partial charge in [-0.05, 0) is 55.8 Å². The largest absolute Gasteiger partial charge is 0.494 e. The van der Waals surface area contributed by atoms with E-state index in [-0.39, 0.29) is 18.1 Å². The molecular weight excluding hydrogens is 368 g/mol. The van der Waals surface area contributed by atoms with Crippen LogP contribution in [0.1, 0.15) is 31.9 Å². The first-order chi connectivity index (χ1) is 14.1. The smallest absolute Gasteiger partial charge is 0.222 e. The quantitative estimate of drug-likeness (QED) is 0.663. The molecule has 6 nitrogen and oxygen atoms in total. The zero-order valence-electron chi connectivity index (χ0n) is 17.4. The number of hydrogen-bond donors (Lipinski definition) is 1. The van der Waals surface area contributed by atoms with E-state index in [2.05, 4.69) is 22.3 Å². The van der Waals surface area contributed by atoms with Crippen molar-refractivity contribution in [1.29, 1.82) is 0 Å². The molecule has 29 heavy (non-hydrogen) atoms. The van der Waals surface area contributed by atoms with Crippen LogP contribution in [0, 0.1) is 0 Å². The van der Waals surface area contributed by atoms with Gasteiger partial charge in [-0.3, -0.25) is 4.79 Å². The lowest BCUT2D eigenvalue weighted by molar-refractivity contribution is -0.122. The van der Waals surface area contributed by atoms with Gasteiger partial charge in [-0.25, -0.2) is 0 Å². The molecule has 1 atom stereocenters. The Kier molecular flexibility index (Phi) is 7.36. The first-order valence-electron chi connectivity index (χ1n) is 10.1. The Morgan fingerprint density at radius 2 is 1.76 bits per heavy atom. The van der Waals surface area contributed by atoms with Crippen LogP contribution in [0.5, 0.6) is 11.5 Å². The minimum Gasteiger partial charge on any atom is -0.494 e. The molecule has 2 aromatic carbocycles. The maximum absolute atomic E-state index is 11.8. The van der Waals surface area contributed by atoms with Crippen LogP contribution >= 0.6 is 0 Å². The summed E-state index contributed by atoms with van der Waals surface area (Å²) in [5.74, 6) is 1.74. The van der Waals surface area contributed by atoms with Gasteiger partial charge in [-0.2, -0.15) is 0 Å². The number of methoxy groups -OCH3 is 1. The molecule has 0 spiro atoms. The Morgan fingerprint density at radius 3 is 2.38 bits per heavy atom. The summed E-state index contributed by atoms with van der Waals surface area (Å²) in [5.41, 5.74) is 2.23. The topological polar surface area (TPSA) is 60.0 Å². The minimum atomic E-state index is -0.0488. The molecule has 0 bridgehead atoms. The minimum absolute atomic E-state index is 0.0106. The summed E-state index contributed by atoms with van der Waals surface area (Å²) in [6, 6.07) is 16.0. The van der Waals surface area contributed by atoms with Crippen molar-refractivity contribution in [1.82, 2.24) is 5.32 Å². The van der Waals surface area contributed by atoms with Crippen molar-refractivity contribution in [3.63, 3.8) is 0 Å². The molecule has 1 heterocycles. The normalized spacial score (nSPS) is 14.8. The molecule has 156 valence electrons. The van der Waals surface area contributed by atoms with E-state index in [0.717, 1.165) is 30.2 Å². The number of nitrogens with one attached hydrogen (secondary N) is 1. The number of nitrogens with zero attached hydrogens (tertiary/aromatic N) is 1. The second-order valence-electron chi connectivity index (χ2n) is 7.17. The van der Waals surface area contributed by atoms with Crippen molar-refractivity contribution in [2.45, 2.75) is 32.4 Å². The number of carbonyl (C=O) groups is 1. The van der Waals surface area contributed by atoms with Crippen LogP contribution in [-0.2, 0) is 9.53 Å². The molecule has 1 aliphatic heterocycles. The molecule has 1 aliphatic rings. The number of benzene rings is 2. The third kappa shape index (κ3) is 5.87. The lowest BCUT2D eigenvalue weighted by atomic mass is 10.1. The van der Waals surface area contributed by atoms with Crippen LogP contribution in [0.25, 0.3) is 0 Å². The number of hydrogen-bond acceptors (Lipinski definition) is 5. The molecule has 0 radical (unpaired) electrons. The lowest BCUT2D eigenvalue weighted by Crippen LogP contribution is -2.54. The maximum atomic E-state index is 11.8. The molecule has 1 fully saturated rings. The van der Waals surface area contributed by atoms with Gasteiger partial charge in [-0.15, -0.1) is 0 Å². The average Bonchev–Trinajstić information content (AvgIpc) is 2.70. The Balaban J connectivity index is 1.44. The monoisotopic (exact) mass is 398 g/mol. The predicted molar refractivity (Wildman–Crippen MR) is 114 cm³/mol. The Labute approximate surface area is 172 Å². The van der Waals surface area contributed by atoms with E-state index in [4.69, 9.17) is 14.2 Å². The van der Waals surface area contributed by atoms with Gasteiger partial charge in [0.05, 0.1) is 32.3 Å². The van der Waals surface area contributed by atoms with Crippen molar-refractivity contribution < 1.29 is 19.0 Å². The fraction of sp³-hybridized carbons (Fsp3) is 0.435. The molecule has 1 amide bonds. The first-order valence-corrected chi connectivity index (χ1v) is 10.1. The van der Waals surface area contributed by atoms with Gasteiger partial charge in [0.25, 0.3) is 0 Å². The van der Waals surface area contributed by atoms with E-state index in [9.17, 15) is 4.79 Å². The van der Waals surface area contributed by atoms with Gasteiger partial charge >= 0.3 is 0 Å². The van der Waals surface area contributed by atoms with Crippen LogP contribution in [0.15, 0.2) is 48.5 Å². The van der Waals surface area contributed by atoms with E-state index in [1.165, 1.54) is 5.69 Å².